The van der Waals surface area contributed by atoms with Crippen molar-refractivity contribution in [2.75, 3.05) is 0 Å². The fourth-order valence-electron chi connectivity index (χ4n) is 6.03. The zero-order chi connectivity index (χ0) is 12.9. The first kappa shape index (κ1) is 13.0. The molecule has 0 aliphatic heterocycles. The van der Waals surface area contributed by atoms with Gasteiger partial charge >= 0.3 is 0 Å². The van der Waals surface area contributed by atoms with Gasteiger partial charge in [-0.2, -0.15) is 0 Å². The Balaban J connectivity index is 1.85. The molecule has 1 heteroatoms. The molecule has 0 aromatic rings. The van der Waals surface area contributed by atoms with Crippen molar-refractivity contribution in [3.63, 3.8) is 0 Å². The van der Waals surface area contributed by atoms with E-state index in [-0.39, 0.29) is 11.5 Å². The minimum absolute atomic E-state index is 0.0112. The summed E-state index contributed by atoms with van der Waals surface area (Å²) in [6.07, 6.45) is 9.26. The van der Waals surface area contributed by atoms with E-state index in [1.807, 2.05) is 0 Å². The van der Waals surface area contributed by atoms with Gasteiger partial charge in [-0.15, -0.1) is 0 Å². The van der Waals surface area contributed by atoms with E-state index in [0.29, 0.717) is 0 Å². The smallest absolute Gasteiger partial charge is 0.0596 e. The van der Waals surface area contributed by atoms with Gasteiger partial charge in [-0.3, -0.25) is 0 Å². The molecule has 7 unspecified atom stereocenters. The van der Waals surface area contributed by atoms with E-state index in [1.165, 1.54) is 38.5 Å². The van der Waals surface area contributed by atoms with Crippen LogP contribution in [0.15, 0.2) is 0 Å². The summed E-state index contributed by atoms with van der Waals surface area (Å²) in [6.45, 7) is 7.24. The number of aliphatic hydroxyl groups excluding tert-OH is 1. The number of aliphatic hydroxyl groups is 1. The van der Waals surface area contributed by atoms with Gasteiger partial charge < -0.3 is 5.11 Å². The predicted molar refractivity (Wildman–Crippen MR) is 75.2 cm³/mol. The molecule has 0 heterocycles. The second kappa shape index (κ2) is 4.51. The van der Waals surface area contributed by atoms with Crippen LogP contribution in [0.25, 0.3) is 0 Å². The Morgan fingerprint density at radius 1 is 1.06 bits per heavy atom. The van der Waals surface area contributed by atoms with Gasteiger partial charge in [0.05, 0.1) is 6.10 Å². The van der Waals surface area contributed by atoms with E-state index in [1.54, 1.807) is 0 Å². The van der Waals surface area contributed by atoms with Crippen molar-refractivity contribution in [3.8, 4) is 0 Å². The molecule has 3 aliphatic carbocycles. The zero-order valence-electron chi connectivity index (χ0n) is 12.4. The topological polar surface area (TPSA) is 20.2 Å². The number of rotatable bonds is 1. The third kappa shape index (κ3) is 1.69. The van der Waals surface area contributed by atoms with Crippen molar-refractivity contribution in [1.82, 2.24) is 0 Å². The van der Waals surface area contributed by atoms with Crippen LogP contribution in [-0.4, -0.2) is 11.2 Å². The summed E-state index contributed by atoms with van der Waals surface area (Å²) in [4.78, 5) is 0. The van der Waals surface area contributed by atoms with Gasteiger partial charge in [0.25, 0.3) is 0 Å². The molecule has 0 amide bonds. The minimum atomic E-state index is -0.0112. The summed E-state index contributed by atoms with van der Waals surface area (Å²) in [6, 6.07) is 0. The summed E-state index contributed by atoms with van der Waals surface area (Å²) >= 11 is 0. The normalized spacial score (nSPS) is 56.0. The molecule has 3 aliphatic rings. The number of hydrogen-bond acceptors (Lipinski definition) is 1. The highest BCUT2D eigenvalue weighted by Gasteiger charge is 2.55. The first-order valence-electron chi connectivity index (χ1n) is 8.26. The lowest BCUT2D eigenvalue weighted by Gasteiger charge is -2.53. The average molecular weight is 250 g/mol. The largest absolute Gasteiger partial charge is 0.393 e. The molecule has 0 aromatic heterocycles. The number of hydrogen-bond donors (Lipinski definition) is 1. The van der Waals surface area contributed by atoms with E-state index in [2.05, 4.69) is 20.8 Å². The van der Waals surface area contributed by atoms with Crippen LogP contribution in [0.4, 0.5) is 0 Å². The zero-order valence-corrected chi connectivity index (χ0v) is 12.4. The Hall–Kier alpha value is -0.0400. The van der Waals surface area contributed by atoms with Crippen LogP contribution in [0.1, 0.15) is 65.7 Å². The standard InChI is InChI=1S/C17H30O/c1-4-12-11(2)5-6-14-13(12)9-10-17(3)15(14)7-8-16(17)18/h11-16,18H,4-10H2,1-3H3. The molecule has 0 aromatic carbocycles. The molecule has 3 saturated carbocycles. The van der Waals surface area contributed by atoms with Crippen LogP contribution in [0.5, 0.6) is 0 Å². The van der Waals surface area contributed by atoms with Crippen molar-refractivity contribution >= 4 is 0 Å². The van der Waals surface area contributed by atoms with Crippen LogP contribution in [0.2, 0.25) is 0 Å². The lowest BCUT2D eigenvalue weighted by molar-refractivity contribution is -0.0723. The highest BCUT2D eigenvalue weighted by Crippen LogP contribution is 2.61. The van der Waals surface area contributed by atoms with E-state index < -0.39 is 0 Å². The summed E-state index contributed by atoms with van der Waals surface area (Å²) in [5.41, 5.74) is 0.264. The molecule has 7 atom stereocenters. The molecule has 0 spiro atoms. The van der Waals surface area contributed by atoms with Gasteiger partial charge in [-0.05, 0) is 67.1 Å². The van der Waals surface area contributed by atoms with Gasteiger partial charge in [0, 0.05) is 0 Å². The maximum Gasteiger partial charge on any atom is 0.0596 e. The Morgan fingerprint density at radius 3 is 2.56 bits per heavy atom. The van der Waals surface area contributed by atoms with Crippen LogP contribution in [0.3, 0.4) is 0 Å². The molecular weight excluding hydrogens is 220 g/mol. The SMILES string of the molecule is CCC1C(C)CCC2C1CCC1(C)C(O)CCC21. The highest BCUT2D eigenvalue weighted by atomic mass is 16.3. The first-order valence-corrected chi connectivity index (χ1v) is 8.26. The van der Waals surface area contributed by atoms with Crippen molar-refractivity contribution in [2.45, 2.75) is 71.8 Å². The average Bonchev–Trinajstić information content (AvgIpc) is 2.66. The van der Waals surface area contributed by atoms with Crippen molar-refractivity contribution in [2.24, 2.45) is 35.0 Å². The summed E-state index contributed by atoms with van der Waals surface area (Å²) in [7, 11) is 0. The highest BCUT2D eigenvalue weighted by molar-refractivity contribution is 5.05. The van der Waals surface area contributed by atoms with Gasteiger partial charge in [0.2, 0.25) is 0 Å². The third-order valence-corrected chi connectivity index (χ3v) is 7.15. The third-order valence-electron chi connectivity index (χ3n) is 7.15. The maximum atomic E-state index is 10.3. The maximum absolute atomic E-state index is 10.3. The Kier molecular flexibility index (Phi) is 3.25. The van der Waals surface area contributed by atoms with Crippen molar-refractivity contribution in [1.29, 1.82) is 0 Å². The number of fused-ring (bicyclic) bond motifs is 3. The van der Waals surface area contributed by atoms with E-state index in [9.17, 15) is 5.11 Å². The van der Waals surface area contributed by atoms with E-state index in [4.69, 9.17) is 0 Å². The summed E-state index contributed by atoms with van der Waals surface area (Å²) in [5, 5.41) is 10.3. The Bertz CT molecular complexity index is 313. The predicted octanol–water partition coefficient (Wildman–Crippen LogP) is 4.25. The lowest BCUT2D eigenvalue weighted by atomic mass is 9.52. The molecule has 0 bridgehead atoms. The fraction of sp³-hybridized carbons (Fsp3) is 1.00. The van der Waals surface area contributed by atoms with Crippen LogP contribution in [-0.2, 0) is 0 Å². The minimum Gasteiger partial charge on any atom is -0.393 e. The van der Waals surface area contributed by atoms with Crippen LogP contribution in [0, 0.1) is 35.0 Å². The first-order chi connectivity index (χ1) is 8.58. The Labute approximate surface area is 112 Å². The molecule has 0 radical (unpaired) electrons. The second-order valence-corrected chi connectivity index (χ2v) is 7.70. The van der Waals surface area contributed by atoms with Crippen LogP contribution >= 0.6 is 0 Å². The van der Waals surface area contributed by atoms with Crippen molar-refractivity contribution < 1.29 is 5.11 Å². The van der Waals surface area contributed by atoms with Gasteiger partial charge in [-0.1, -0.05) is 33.6 Å². The second-order valence-electron chi connectivity index (χ2n) is 7.70. The fourth-order valence-corrected chi connectivity index (χ4v) is 6.03. The quantitative estimate of drug-likeness (QED) is 0.738. The molecule has 1 N–H and O–H groups in total. The molecule has 3 rings (SSSR count). The van der Waals surface area contributed by atoms with Gasteiger partial charge in [0.15, 0.2) is 0 Å². The monoisotopic (exact) mass is 250 g/mol. The molecule has 3 fully saturated rings. The van der Waals surface area contributed by atoms with Crippen LogP contribution < -0.4 is 0 Å². The molecule has 104 valence electrons. The van der Waals surface area contributed by atoms with E-state index in [0.717, 1.165) is 36.0 Å². The molecule has 0 saturated heterocycles. The molecule has 18 heavy (non-hydrogen) atoms. The van der Waals surface area contributed by atoms with Crippen molar-refractivity contribution in [3.05, 3.63) is 0 Å². The summed E-state index contributed by atoms with van der Waals surface area (Å²) < 4.78 is 0. The van der Waals surface area contributed by atoms with Gasteiger partial charge in [0.1, 0.15) is 0 Å². The molecular formula is C17H30O. The Morgan fingerprint density at radius 2 is 1.83 bits per heavy atom. The lowest BCUT2D eigenvalue weighted by Crippen LogP contribution is -2.48. The summed E-state index contributed by atoms with van der Waals surface area (Å²) in [5.74, 6) is 4.63. The van der Waals surface area contributed by atoms with Gasteiger partial charge in [-0.25, -0.2) is 0 Å². The van der Waals surface area contributed by atoms with E-state index >= 15 is 0 Å². The molecule has 1 nitrogen and oxygen atoms in total.